The van der Waals surface area contributed by atoms with Crippen LogP contribution in [0.1, 0.15) is 35.3 Å². The van der Waals surface area contributed by atoms with Crippen LogP contribution in [0, 0.1) is 0 Å². The number of aromatic nitrogens is 1. The number of carbonyl (C=O) groups excluding carboxylic acids is 1. The van der Waals surface area contributed by atoms with Crippen molar-refractivity contribution in [3.8, 4) is 0 Å². The van der Waals surface area contributed by atoms with Gasteiger partial charge in [-0.05, 0) is 31.4 Å². The van der Waals surface area contributed by atoms with E-state index < -0.39 is 17.8 Å². The zero-order valence-corrected chi connectivity index (χ0v) is 11.7. The van der Waals surface area contributed by atoms with Gasteiger partial charge in [-0.1, -0.05) is 0 Å². The molecule has 118 valence electrons. The zero-order valence-electron chi connectivity index (χ0n) is 11.7. The van der Waals surface area contributed by atoms with Crippen LogP contribution in [0.15, 0.2) is 12.1 Å². The van der Waals surface area contributed by atoms with Crippen molar-refractivity contribution in [1.82, 2.24) is 4.98 Å². The van der Waals surface area contributed by atoms with E-state index in [0.29, 0.717) is 19.4 Å². The number of rotatable bonds is 7. The first kappa shape index (κ1) is 17.2. The second-order valence-corrected chi connectivity index (χ2v) is 4.64. The van der Waals surface area contributed by atoms with Crippen molar-refractivity contribution in [3.63, 3.8) is 0 Å². The highest BCUT2D eigenvalue weighted by atomic mass is 19.4. The number of amides is 1. The molecule has 1 rings (SSSR count). The number of anilines is 1. The molecule has 0 unspecified atom stereocenters. The molecule has 5 nitrogen and oxygen atoms in total. The van der Waals surface area contributed by atoms with Gasteiger partial charge in [0.25, 0.3) is 5.91 Å². The van der Waals surface area contributed by atoms with E-state index in [1.54, 1.807) is 7.05 Å². The number of nitrogens with zero attached hydrogens (tertiary/aromatic N) is 2. The maximum atomic E-state index is 12.7. The molecule has 0 aliphatic carbocycles. The number of aliphatic hydroxyl groups excluding tert-OH is 1. The summed E-state index contributed by atoms with van der Waals surface area (Å²) in [5, 5.41) is 8.68. The van der Waals surface area contributed by atoms with Gasteiger partial charge in [-0.25, -0.2) is 4.98 Å². The summed E-state index contributed by atoms with van der Waals surface area (Å²) < 4.78 is 38.1. The van der Waals surface area contributed by atoms with Crippen molar-refractivity contribution >= 4 is 11.7 Å². The Morgan fingerprint density at radius 1 is 1.33 bits per heavy atom. The Balaban J connectivity index is 2.97. The molecule has 0 saturated carbocycles. The highest BCUT2D eigenvalue weighted by molar-refractivity contribution is 5.97. The van der Waals surface area contributed by atoms with Crippen LogP contribution in [0.2, 0.25) is 0 Å². The van der Waals surface area contributed by atoms with Gasteiger partial charge in [0, 0.05) is 20.2 Å². The highest BCUT2D eigenvalue weighted by Gasteiger charge is 2.33. The molecule has 3 N–H and O–H groups in total. The van der Waals surface area contributed by atoms with E-state index >= 15 is 0 Å². The Morgan fingerprint density at radius 3 is 2.52 bits per heavy atom. The van der Waals surface area contributed by atoms with Crippen molar-refractivity contribution in [2.24, 2.45) is 5.73 Å². The van der Waals surface area contributed by atoms with Crippen LogP contribution in [0.3, 0.4) is 0 Å². The van der Waals surface area contributed by atoms with E-state index in [9.17, 15) is 18.0 Å². The van der Waals surface area contributed by atoms with E-state index in [1.807, 2.05) is 0 Å². The molecule has 0 aliphatic heterocycles. The molecule has 1 amide bonds. The highest BCUT2D eigenvalue weighted by Crippen LogP contribution is 2.30. The molecule has 0 spiro atoms. The maximum Gasteiger partial charge on any atom is 0.433 e. The fraction of sp³-hybridized carbons (Fsp3) is 0.538. The van der Waals surface area contributed by atoms with Crippen LogP contribution in [-0.4, -0.2) is 36.2 Å². The van der Waals surface area contributed by atoms with Gasteiger partial charge in [0.2, 0.25) is 0 Å². The molecule has 1 aromatic heterocycles. The van der Waals surface area contributed by atoms with Gasteiger partial charge >= 0.3 is 6.18 Å². The average Bonchev–Trinajstić information content (AvgIpc) is 2.41. The normalized spacial score (nSPS) is 11.5. The minimum absolute atomic E-state index is 0.0485. The Kier molecular flexibility index (Phi) is 5.95. The quantitative estimate of drug-likeness (QED) is 0.753. The number of hydrogen-bond acceptors (Lipinski definition) is 4. The third kappa shape index (κ3) is 4.89. The average molecular weight is 305 g/mol. The third-order valence-corrected chi connectivity index (χ3v) is 2.94. The van der Waals surface area contributed by atoms with Gasteiger partial charge in [0.05, 0.1) is 5.56 Å². The minimum Gasteiger partial charge on any atom is -0.396 e. The van der Waals surface area contributed by atoms with Crippen LogP contribution >= 0.6 is 0 Å². The van der Waals surface area contributed by atoms with Crippen LogP contribution < -0.4 is 10.6 Å². The summed E-state index contributed by atoms with van der Waals surface area (Å²) >= 11 is 0. The van der Waals surface area contributed by atoms with E-state index in [4.69, 9.17) is 10.8 Å². The molecule has 21 heavy (non-hydrogen) atoms. The maximum absolute atomic E-state index is 12.7. The van der Waals surface area contributed by atoms with Crippen LogP contribution in [0.25, 0.3) is 0 Å². The second kappa shape index (κ2) is 7.26. The van der Waals surface area contributed by atoms with Crippen molar-refractivity contribution in [2.75, 3.05) is 25.1 Å². The number of carbonyl (C=O) groups is 1. The Labute approximate surface area is 120 Å². The summed E-state index contributed by atoms with van der Waals surface area (Å²) in [5.41, 5.74) is 4.05. The fourth-order valence-corrected chi connectivity index (χ4v) is 1.83. The number of aliphatic hydroxyl groups is 1. The Morgan fingerprint density at radius 2 is 2.00 bits per heavy atom. The second-order valence-electron chi connectivity index (χ2n) is 4.64. The molecule has 8 heteroatoms. The predicted octanol–water partition coefficient (Wildman–Crippen LogP) is 1.80. The van der Waals surface area contributed by atoms with Crippen LogP contribution in [-0.2, 0) is 6.18 Å². The van der Waals surface area contributed by atoms with Crippen molar-refractivity contribution in [2.45, 2.75) is 25.4 Å². The first-order valence-corrected chi connectivity index (χ1v) is 6.47. The van der Waals surface area contributed by atoms with Gasteiger partial charge < -0.3 is 15.7 Å². The molecule has 1 aromatic rings. The fourth-order valence-electron chi connectivity index (χ4n) is 1.83. The van der Waals surface area contributed by atoms with Crippen molar-refractivity contribution in [3.05, 3.63) is 23.4 Å². The minimum atomic E-state index is -4.58. The monoisotopic (exact) mass is 305 g/mol. The van der Waals surface area contributed by atoms with E-state index in [1.165, 1.54) is 4.90 Å². The smallest absolute Gasteiger partial charge is 0.396 e. The summed E-state index contributed by atoms with van der Waals surface area (Å²) in [6, 6.07) is 1.78. The summed E-state index contributed by atoms with van der Waals surface area (Å²) in [6.45, 7) is 0.479. The van der Waals surface area contributed by atoms with Crippen molar-refractivity contribution < 1.29 is 23.1 Å². The number of halogens is 3. The number of hydrogen-bond donors (Lipinski definition) is 2. The van der Waals surface area contributed by atoms with E-state index in [2.05, 4.69) is 4.98 Å². The molecule has 0 atom stereocenters. The number of nitrogens with two attached hydrogens (primary N) is 1. The standard InChI is InChI=1S/C13H18F3N3O2/c1-19(7-3-2-4-8-20)12-9(11(17)21)5-6-10(18-12)13(14,15)16/h5-6,20H,2-4,7-8H2,1H3,(H2,17,21). The molecule has 0 aliphatic rings. The largest absolute Gasteiger partial charge is 0.433 e. The zero-order chi connectivity index (χ0) is 16.0. The predicted molar refractivity (Wildman–Crippen MR) is 72.0 cm³/mol. The number of primary amides is 1. The lowest BCUT2D eigenvalue weighted by Gasteiger charge is -2.21. The lowest BCUT2D eigenvalue weighted by atomic mass is 10.2. The first-order valence-electron chi connectivity index (χ1n) is 6.47. The van der Waals surface area contributed by atoms with Crippen molar-refractivity contribution in [1.29, 1.82) is 0 Å². The Bertz CT molecular complexity index is 492. The molecule has 0 saturated heterocycles. The number of pyridine rings is 1. The van der Waals surface area contributed by atoms with E-state index in [0.717, 1.165) is 18.6 Å². The van der Waals surface area contributed by atoms with Crippen LogP contribution in [0.4, 0.5) is 19.0 Å². The number of unbranched alkanes of at least 4 members (excludes halogenated alkanes) is 2. The topological polar surface area (TPSA) is 79.4 Å². The Hall–Kier alpha value is -1.83. The molecule has 0 aromatic carbocycles. The molecular formula is C13H18F3N3O2. The summed E-state index contributed by atoms with van der Waals surface area (Å²) in [4.78, 5) is 16.3. The van der Waals surface area contributed by atoms with Crippen LogP contribution in [0.5, 0.6) is 0 Å². The molecule has 0 fully saturated rings. The number of alkyl halides is 3. The summed E-state index contributed by atoms with van der Waals surface area (Å²) in [5.74, 6) is -0.908. The van der Waals surface area contributed by atoms with Gasteiger partial charge in [0.15, 0.2) is 0 Å². The molecule has 0 radical (unpaired) electrons. The molecular weight excluding hydrogens is 287 g/mol. The third-order valence-electron chi connectivity index (χ3n) is 2.94. The van der Waals surface area contributed by atoms with Gasteiger partial charge in [-0.3, -0.25) is 4.79 Å². The molecule has 0 bridgehead atoms. The molecule has 1 heterocycles. The van der Waals surface area contributed by atoms with Gasteiger partial charge in [0.1, 0.15) is 11.5 Å². The summed E-state index contributed by atoms with van der Waals surface area (Å²) in [7, 11) is 1.55. The lowest BCUT2D eigenvalue weighted by molar-refractivity contribution is -0.141. The summed E-state index contributed by atoms with van der Waals surface area (Å²) in [6.07, 6.45) is -2.58. The van der Waals surface area contributed by atoms with Gasteiger partial charge in [-0.2, -0.15) is 13.2 Å². The lowest BCUT2D eigenvalue weighted by Crippen LogP contribution is -2.26. The van der Waals surface area contributed by atoms with E-state index in [-0.39, 0.29) is 18.0 Å². The SMILES string of the molecule is CN(CCCCCO)c1nc(C(F)(F)F)ccc1C(N)=O. The van der Waals surface area contributed by atoms with Gasteiger partial charge in [-0.15, -0.1) is 0 Å². The first-order chi connectivity index (χ1) is 9.77.